The predicted octanol–water partition coefficient (Wildman–Crippen LogP) is 1.07. The number of thioether (sulfide) groups is 1. The molecule has 0 unspecified atom stereocenters. The number of anilines is 2. The highest BCUT2D eigenvalue weighted by atomic mass is 32.2. The SMILES string of the molecule is CSc1nc(N)cc(NCCn2c(C)cc(C)nc2=O)n1. The van der Waals surface area contributed by atoms with E-state index in [1.165, 1.54) is 11.8 Å². The zero-order valence-electron chi connectivity index (χ0n) is 12.3. The van der Waals surface area contributed by atoms with Crippen molar-refractivity contribution >= 4 is 23.4 Å². The summed E-state index contributed by atoms with van der Waals surface area (Å²) >= 11 is 1.43. The number of hydrogen-bond donors (Lipinski definition) is 2. The van der Waals surface area contributed by atoms with Crippen molar-refractivity contribution in [2.24, 2.45) is 0 Å². The second kappa shape index (κ2) is 6.57. The van der Waals surface area contributed by atoms with E-state index in [0.717, 1.165) is 11.4 Å². The number of rotatable bonds is 5. The number of aryl methyl sites for hydroxylation is 2. The molecule has 0 aliphatic rings. The molecule has 0 aliphatic carbocycles. The standard InChI is InChI=1S/C13H18N6OS/c1-8-6-9(2)19(13(20)16-8)5-4-15-11-7-10(14)17-12(18-11)21-3/h6-7H,4-5H2,1-3H3,(H3,14,15,17,18). The molecule has 0 saturated heterocycles. The summed E-state index contributed by atoms with van der Waals surface area (Å²) in [6, 6.07) is 3.55. The molecule has 112 valence electrons. The Hall–Kier alpha value is -2.09. The molecule has 2 aromatic heterocycles. The van der Waals surface area contributed by atoms with Crippen molar-refractivity contribution in [3.05, 3.63) is 34.0 Å². The van der Waals surface area contributed by atoms with Gasteiger partial charge in [-0.1, -0.05) is 11.8 Å². The molecule has 0 amide bonds. The average Bonchev–Trinajstić information content (AvgIpc) is 2.41. The molecule has 2 rings (SSSR count). The van der Waals surface area contributed by atoms with Crippen LogP contribution in [-0.4, -0.2) is 32.3 Å². The van der Waals surface area contributed by atoms with Crippen LogP contribution < -0.4 is 16.7 Å². The summed E-state index contributed by atoms with van der Waals surface area (Å²) in [5.41, 5.74) is 7.10. The molecule has 0 aliphatic heterocycles. The van der Waals surface area contributed by atoms with Gasteiger partial charge < -0.3 is 11.1 Å². The Balaban J connectivity index is 2.05. The number of nitrogen functional groups attached to an aromatic ring is 1. The maximum atomic E-state index is 11.8. The van der Waals surface area contributed by atoms with E-state index in [1.807, 2.05) is 26.2 Å². The molecular weight excluding hydrogens is 288 g/mol. The van der Waals surface area contributed by atoms with Crippen LogP contribution in [0.5, 0.6) is 0 Å². The van der Waals surface area contributed by atoms with Crippen LogP contribution in [0.2, 0.25) is 0 Å². The maximum Gasteiger partial charge on any atom is 0.348 e. The first-order valence-electron chi connectivity index (χ1n) is 6.47. The van der Waals surface area contributed by atoms with Crippen molar-refractivity contribution in [2.75, 3.05) is 23.9 Å². The van der Waals surface area contributed by atoms with Gasteiger partial charge in [-0.05, 0) is 26.2 Å². The van der Waals surface area contributed by atoms with Crippen LogP contribution in [-0.2, 0) is 6.54 Å². The lowest BCUT2D eigenvalue weighted by Gasteiger charge is -2.11. The summed E-state index contributed by atoms with van der Waals surface area (Å²) in [6.07, 6.45) is 1.89. The Morgan fingerprint density at radius 1 is 1.29 bits per heavy atom. The smallest absolute Gasteiger partial charge is 0.348 e. The van der Waals surface area contributed by atoms with Crippen molar-refractivity contribution in [3.63, 3.8) is 0 Å². The summed E-state index contributed by atoms with van der Waals surface area (Å²) in [6.45, 7) is 4.77. The number of nitrogens with zero attached hydrogens (tertiary/aromatic N) is 4. The van der Waals surface area contributed by atoms with Crippen LogP contribution in [0.1, 0.15) is 11.4 Å². The number of hydrogen-bond acceptors (Lipinski definition) is 7. The van der Waals surface area contributed by atoms with Crippen molar-refractivity contribution < 1.29 is 0 Å². The highest BCUT2D eigenvalue weighted by Gasteiger charge is 2.04. The summed E-state index contributed by atoms with van der Waals surface area (Å²) in [4.78, 5) is 24.1. The molecule has 3 N–H and O–H groups in total. The van der Waals surface area contributed by atoms with E-state index in [-0.39, 0.29) is 5.69 Å². The molecule has 2 heterocycles. The van der Waals surface area contributed by atoms with Gasteiger partial charge in [-0.2, -0.15) is 4.98 Å². The Morgan fingerprint density at radius 2 is 2.05 bits per heavy atom. The van der Waals surface area contributed by atoms with Crippen LogP contribution in [0.15, 0.2) is 22.1 Å². The van der Waals surface area contributed by atoms with Gasteiger partial charge in [0.15, 0.2) is 5.16 Å². The van der Waals surface area contributed by atoms with E-state index in [2.05, 4.69) is 20.3 Å². The molecule has 7 nitrogen and oxygen atoms in total. The minimum absolute atomic E-state index is 0.235. The van der Waals surface area contributed by atoms with Crippen molar-refractivity contribution in [2.45, 2.75) is 25.5 Å². The van der Waals surface area contributed by atoms with Gasteiger partial charge >= 0.3 is 5.69 Å². The Kier molecular flexibility index (Phi) is 4.79. The molecule has 0 fully saturated rings. The summed E-state index contributed by atoms with van der Waals surface area (Å²) < 4.78 is 1.63. The number of nitrogens with two attached hydrogens (primary N) is 1. The lowest BCUT2D eigenvalue weighted by atomic mass is 10.3. The molecule has 0 aromatic carbocycles. The second-order valence-electron chi connectivity index (χ2n) is 4.56. The highest BCUT2D eigenvalue weighted by molar-refractivity contribution is 7.98. The van der Waals surface area contributed by atoms with Gasteiger partial charge in [-0.15, -0.1) is 0 Å². The third-order valence-electron chi connectivity index (χ3n) is 2.90. The van der Waals surface area contributed by atoms with Crippen LogP contribution >= 0.6 is 11.8 Å². The normalized spacial score (nSPS) is 10.6. The zero-order valence-corrected chi connectivity index (χ0v) is 13.1. The topological polar surface area (TPSA) is 98.7 Å². The first-order valence-corrected chi connectivity index (χ1v) is 7.69. The third kappa shape index (κ3) is 3.94. The van der Waals surface area contributed by atoms with Gasteiger partial charge in [0.25, 0.3) is 0 Å². The van der Waals surface area contributed by atoms with Crippen molar-refractivity contribution in [3.8, 4) is 0 Å². The average molecular weight is 306 g/mol. The Labute approximate surface area is 127 Å². The van der Waals surface area contributed by atoms with Gasteiger partial charge in [0.2, 0.25) is 0 Å². The summed E-state index contributed by atoms with van der Waals surface area (Å²) in [5.74, 6) is 1.07. The molecule has 0 atom stereocenters. The first kappa shape index (κ1) is 15.3. The van der Waals surface area contributed by atoms with E-state index in [1.54, 1.807) is 10.6 Å². The molecule has 0 saturated carbocycles. The van der Waals surface area contributed by atoms with Crippen LogP contribution in [0.4, 0.5) is 11.6 Å². The lowest BCUT2D eigenvalue weighted by molar-refractivity contribution is 0.646. The van der Waals surface area contributed by atoms with Crippen molar-refractivity contribution in [1.82, 2.24) is 19.5 Å². The number of nitrogens with one attached hydrogen (secondary N) is 1. The zero-order chi connectivity index (χ0) is 15.4. The molecule has 2 aromatic rings. The molecule has 0 bridgehead atoms. The molecular formula is C13H18N6OS. The van der Waals surface area contributed by atoms with Crippen LogP contribution in [0.25, 0.3) is 0 Å². The van der Waals surface area contributed by atoms with Crippen LogP contribution in [0.3, 0.4) is 0 Å². The van der Waals surface area contributed by atoms with E-state index in [4.69, 9.17) is 5.73 Å². The van der Waals surface area contributed by atoms with Gasteiger partial charge in [0, 0.05) is 30.5 Å². The quantitative estimate of drug-likeness (QED) is 0.629. The molecule has 21 heavy (non-hydrogen) atoms. The van der Waals surface area contributed by atoms with Gasteiger partial charge in [0.05, 0.1) is 0 Å². The summed E-state index contributed by atoms with van der Waals surface area (Å²) in [7, 11) is 0. The van der Waals surface area contributed by atoms with E-state index >= 15 is 0 Å². The summed E-state index contributed by atoms with van der Waals surface area (Å²) in [5, 5.41) is 3.76. The largest absolute Gasteiger partial charge is 0.383 e. The molecule has 8 heteroatoms. The van der Waals surface area contributed by atoms with E-state index in [0.29, 0.717) is 29.9 Å². The lowest BCUT2D eigenvalue weighted by Crippen LogP contribution is -2.28. The van der Waals surface area contributed by atoms with E-state index < -0.39 is 0 Å². The number of aromatic nitrogens is 4. The van der Waals surface area contributed by atoms with Crippen molar-refractivity contribution in [1.29, 1.82) is 0 Å². The first-order chi connectivity index (χ1) is 9.99. The fourth-order valence-corrected chi connectivity index (χ4v) is 2.35. The third-order valence-corrected chi connectivity index (χ3v) is 3.44. The Morgan fingerprint density at radius 3 is 2.71 bits per heavy atom. The maximum absolute atomic E-state index is 11.8. The minimum atomic E-state index is -0.235. The molecule has 0 radical (unpaired) electrons. The van der Waals surface area contributed by atoms with Gasteiger partial charge in [0.1, 0.15) is 11.6 Å². The minimum Gasteiger partial charge on any atom is -0.383 e. The van der Waals surface area contributed by atoms with Gasteiger partial charge in [-0.3, -0.25) is 4.57 Å². The second-order valence-corrected chi connectivity index (χ2v) is 5.34. The highest BCUT2D eigenvalue weighted by Crippen LogP contribution is 2.14. The molecule has 0 spiro atoms. The Bertz CT molecular complexity index is 700. The monoisotopic (exact) mass is 306 g/mol. The fraction of sp³-hybridized carbons (Fsp3) is 0.385. The van der Waals surface area contributed by atoms with Gasteiger partial charge in [-0.25, -0.2) is 14.8 Å². The van der Waals surface area contributed by atoms with Crippen LogP contribution in [0, 0.1) is 13.8 Å². The predicted molar refractivity (Wildman–Crippen MR) is 84.7 cm³/mol. The van der Waals surface area contributed by atoms with E-state index in [9.17, 15) is 4.79 Å². The fourth-order valence-electron chi connectivity index (χ4n) is 1.97.